The number of carbonyl (C=O) groups is 1. The van der Waals surface area contributed by atoms with Crippen molar-refractivity contribution in [3.8, 4) is 5.69 Å². The van der Waals surface area contributed by atoms with E-state index in [4.69, 9.17) is 0 Å². The summed E-state index contributed by atoms with van der Waals surface area (Å²) in [6.07, 6.45) is 7.16. The second-order valence-corrected chi connectivity index (χ2v) is 10.2. The third kappa shape index (κ3) is 5.32. The number of nitrogens with one attached hydrogen (secondary N) is 2. The predicted molar refractivity (Wildman–Crippen MR) is 128 cm³/mol. The largest absolute Gasteiger partial charge is 0.325 e. The lowest BCUT2D eigenvalue weighted by molar-refractivity contribution is -0.117. The molecule has 9 heteroatoms. The molecule has 0 aliphatic carbocycles. The number of benzene rings is 2. The molecule has 1 saturated heterocycles. The standard InChI is InChI=1S/C24H29N5O3S/c1-18(20-5-9-22(10-6-20)28-16-13-25-17-28)26-19(2)24(30)27-21-7-11-23(12-8-21)33(31,32)29-14-3-4-15-29/h5-13,16-19,26H,3-4,14-15H2,1-2H3,(H,27,30)/t18-,19+/m0/s1. The van der Waals surface area contributed by atoms with Crippen LogP contribution in [0, 0.1) is 0 Å². The molecule has 1 aromatic heterocycles. The molecule has 174 valence electrons. The summed E-state index contributed by atoms with van der Waals surface area (Å²) < 4.78 is 28.7. The van der Waals surface area contributed by atoms with Crippen LogP contribution in [0.2, 0.25) is 0 Å². The quantitative estimate of drug-likeness (QED) is 0.530. The first-order valence-electron chi connectivity index (χ1n) is 11.1. The molecule has 0 saturated carbocycles. The Bertz CT molecular complexity index is 1170. The van der Waals surface area contributed by atoms with Crippen LogP contribution in [0.1, 0.15) is 38.3 Å². The summed E-state index contributed by atoms with van der Waals surface area (Å²) in [7, 11) is -3.46. The van der Waals surface area contributed by atoms with Gasteiger partial charge in [0.2, 0.25) is 15.9 Å². The van der Waals surface area contributed by atoms with Crippen LogP contribution in [0.5, 0.6) is 0 Å². The van der Waals surface area contributed by atoms with Crippen LogP contribution in [-0.4, -0.2) is 47.3 Å². The van der Waals surface area contributed by atoms with E-state index < -0.39 is 16.1 Å². The Labute approximate surface area is 194 Å². The topological polar surface area (TPSA) is 96.3 Å². The minimum Gasteiger partial charge on any atom is -0.325 e. The lowest BCUT2D eigenvalue weighted by atomic mass is 10.1. The maximum atomic E-state index is 12.7. The van der Waals surface area contributed by atoms with Crippen molar-refractivity contribution in [2.45, 2.75) is 43.7 Å². The van der Waals surface area contributed by atoms with Crippen molar-refractivity contribution in [3.63, 3.8) is 0 Å². The monoisotopic (exact) mass is 467 g/mol. The van der Waals surface area contributed by atoms with Crippen molar-refractivity contribution in [1.29, 1.82) is 0 Å². The van der Waals surface area contributed by atoms with Gasteiger partial charge in [-0.05, 0) is 68.7 Å². The van der Waals surface area contributed by atoms with E-state index in [9.17, 15) is 13.2 Å². The van der Waals surface area contributed by atoms with E-state index in [0.717, 1.165) is 24.1 Å². The SMILES string of the molecule is C[C@H](N[C@H](C)C(=O)Nc1ccc(S(=O)(=O)N2CCCC2)cc1)c1ccc(-n2ccnc2)cc1. The average molecular weight is 468 g/mol. The summed E-state index contributed by atoms with van der Waals surface area (Å²) in [6.45, 7) is 4.94. The van der Waals surface area contributed by atoms with Gasteiger partial charge in [-0.3, -0.25) is 10.1 Å². The Morgan fingerprint density at radius 1 is 1.00 bits per heavy atom. The van der Waals surface area contributed by atoms with Crippen LogP contribution in [0.4, 0.5) is 5.69 Å². The predicted octanol–water partition coefficient (Wildman–Crippen LogP) is 3.33. The highest BCUT2D eigenvalue weighted by molar-refractivity contribution is 7.89. The number of imidazole rings is 1. The summed E-state index contributed by atoms with van der Waals surface area (Å²) in [5.41, 5.74) is 2.64. The first-order valence-corrected chi connectivity index (χ1v) is 12.5. The van der Waals surface area contributed by atoms with Gasteiger partial charge in [-0.15, -0.1) is 0 Å². The van der Waals surface area contributed by atoms with E-state index in [1.165, 1.54) is 4.31 Å². The maximum Gasteiger partial charge on any atom is 0.243 e. The number of hydrogen-bond donors (Lipinski definition) is 2. The minimum absolute atomic E-state index is 0.0319. The van der Waals surface area contributed by atoms with Crippen molar-refractivity contribution in [3.05, 3.63) is 72.8 Å². The Hall–Kier alpha value is -3.01. The van der Waals surface area contributed by atoms with Crippen molar-refractivity contribution < 1.29 is 13.2 Å². The number of anilines is 1. The van der Waals surface area contributed by atoms with Crippen LogP contribution in [0.15, 0.2) is 72.1 Å². The highest BCUT2D eigenvalue weighted by atomic mass is 32.2. The van der Waals surface area contributed by atoms with E-state index in [0.29, 0.717) is 18.8 Å². The number of rotatable bonds is 8. The van der Waals surface area contributed by atoms with Crippen LogP contribution in [-0.2, 0) is 14.8 Å². The van der Waals surface area contributed by atoms with Crippen molar-refractivity contribution in [1.82, 2.24) is 19.2 Å². The van der Waals surface area contributed by atoms with Gasteiger partial charge in [-0.25, -0.2) is 13.4 Å². The molecule has 0 unspecified atom stereocenters. The molecule has 0 radical (unpaired) electrons. The molecule has 8 nitrogen and oxygen atoms in total. The van der Waals surface area contributed by atoms with Crippen molar-refractivity contribution in [2.75, 3.05) is 18.4 Å². The second-order valence-electron chi connectivity index (χ2n) is 8.30. The molecule has 4 rings (SSSR count). The Morgan fingerprint density at radius 3 is 2.27 bits per heavy atom. The molecule has 1 aliphatic rings. The summed E-state index contributed by atoms with van der Waals surface area (Å²) in [5, 5.41) is 6.16. The molecular formula is C24H29N5O3S. The van der Waals surface area contributed by atoms with Gasteiger partial charge in [0.15, 0.2) is 0 Å². The zero-order valence-electron chi connectivity index (χ0n) is 18.8. The smallest absolute Gasteiger partial charge is 0.243 e. The number of aromatic nitrogens is 2. The van der Waals surface area contributed by atoms with Gasteiger partial charge in [0.1, 0.15) is 0 Å². The van der Waals surface area contributed by atoms with E-state index in [1.807, 2.05) is 42.0 Å². The van der Waals surface area contributed by atoms with E-state index in [2.05, 4.69) is 15.6 Å². The molecule has 0 bridgehead atoms. The molecule has 33 heavy (non-hydrogen) atoms. The lowest BCUT2D eigenvalue weighted by Crippen LogP contribution is -2.39. The van der Waals surface area contributed by atoms with Gasteiger partial charge < -0.3 is 9.88 Å². The molecule has 0 spiro atoms. The number of sulfonamides is 1. The fraction of sp³-hybridized carbons (Fsp3) is 0.333. The third-order valence-electron chi connectivity index (χ3n) is 5.91. The third-order valence-corrected chi connectivity index (χ3v) is 7.83. The molecule has 2 aromatic carbocycles. The van der Waals surface area contributed by atoms with Crippen LogP contribution < -0.4 is 10.6 Å². The Kier molecular flexibility index (Phi) is 6.92. The van der Waals surface area contributed by atoms with Gasteiger partial charge in [0.05, 0.1) is 17.3 Å². The van der Waals surface area contributed by atoms with Crippen molar-refractivity contribution >= 4 is 21.6 Å². The number of amides is 1. The highest BCUT2D eigenvalue weighted by Gasteiger charge is 2.27. The summed E-state index contributed by atoms with van der Waals surface area (Å²) >= 11 is 0. The maximum absolute atomic E-state index is 12.7. The number of nitrogens with zero attached hydrogens (tertiary/aromatic N) is 3. The zero-order chi connectivity index (χ0) is 23.4. The molecule has 2 atom stereocenters. The van der Waals surface area contributed by atoms with Gasteiger partial charge in [0.25, 0.3) is 0 Å². The summed E-state index contributed by atoms with van der Waals surface area (Å²) in [4.78, 5) is 17.0. The van der Waals surface area contributed by atoms with Gasteiger partial charge >= 0.3 is 0 Å². The van der Waals surface area contributed by atoms with Crippen LogP contribution in [0.25, 0.3) is 5.69 Å². The van der Waals surface area contributed by atoms with E-state index in [1.54, 1.807) is 43.7 Å². The minimum atomic E-state index is -3.46. The molecule has 1 amide bonds. The number of hydrogen-bond acceptors (Lipinski definition) is 5. The van der Waals surface area contributed by atoms with Crippen molar-refractivity contribution in [2.24, 2.45) is 0 Å². The molecular weight excluding hydrogens is 438 g/mol. The Morgan fingerprint density at radius 2 is 1.67 bits per heavy atom. The van der Waals surface area contributed by atoms with Gasteiger partial charge in [-0.2, -0.15) is 4.31 Å². The molecule has 1 fully saturated rings. The average Bonchev–Trinajstić information content (AvgIpc) is 3.54. The van der Waals surface area contributed by atoms with E-state index >= 15 is 0 Å². The van der Waals surface area contributed by atoms with Crippen LogP contribution >= 0.6 is 0 Å². The van der Waals surface area contributed by atoms with Gasteiger partial charge in [0, 0.05) is 42.9 Å². The first-order chi connectivity index (χ1) is 15.8. The summed E-state index contributed by atoms with van der Waals surface area (Å²) in [6, 6.07) is 14.0. The molecule has 1 aliphatic heterocycles. The highest BCUT2D eigenvalue weighted by Crippen LogP contribution is 2.22. The molecule has 2 N–H and O–H groups in total. The second kappa shape index (κ2) is 9.86. The normalized spacial score (nSPS) is 16.4. The fourth-order valence-electron chi connectivity index (χ4n) is 3.93. The lowest BCUT2D eigenvalue weighted by Gasteiger charge is -2.20. The zero-order valence-corrected chi connectivity index (χ0v) is 19.6. The Balaban J connectivity index is 1.33. The molecule has 3 aromatic rings. The summed E-state index contributed by atoms with van der Waals surface area (Å²) in [5.74, 6) is -0.188. The van der Waals surface area contributed by atoms with Gasteiger partial charge in [-0.1, -0.05) is 12.1 Å². The number of carbonyl (C=O) groups excluding carboxylic acids is 1. The fourth-order valence-corrected chi connectivity index (χ4v) is 5.45. The first kappa shape index (κ1) is 23.2. The molecule has 2 heterocycles. The van der Waals surface area contributed by atoms with Crippen LogP contribution in [0.3, 0.4) is 0 Å². The van der Waals surface area contributed by atoms with E-state index in [-0.39, 0.29) is 16.8 Å².